The summed E-state index contributed by atoms with van der Waals surface area (Å²) in [6.07, 6.45) is 0. The molecule has 5 N–H and O–H groups in total. The zero-order chi connectivity index (χ0) is 21.3. The molecule has 0 bridgehead atoms. The highest BCUT2D eigenvalue weighted by Crippen LogP contribution is 2.41. The van der Waals surface area contributed by atoms with Gasteiger partial charge in [-0.05, 0) is 0 Å². The van der Waals surface area contributed by atoms with E-state index in [1.165, 1.54) is 4.90 Å². The minimum Gasteiger partial charge on any atom is -0.480 e. The van der Waals surface area contributed by atoms with Crippen LogP contribution in [0.1, 0.15) is 5.82 Å². The first-order valence-electron chi connectivity index (χ1n) is 7.79. The van der Waals surface area contributed by atoms with Gasteiger partial charge in [-0.25, -0.2) is 4.79 Å². The van der Waals surface area contributed by atoms with Crippen LogP contribution in [0.2, 0.25) is 0 Å². The summed E-state index contributed by atoms with van der Waals surface area (Å²) in [5.74, 6) is -4.10. The highest BCUT2D eigenvalue weighted by Gasteiger charge is 2.57. The molecular formula is C13H13ClN6O7S2. The zero-order valence-corrected chi connectivity index (χ0v) is 16.7. The Morgan fingerprint density at radius 2 is 2.17 bits per heavy atom. The van der Waals surface area contributed by atoms with Gasteiger partial charge >= 0.3 is 11.9 Å². The summed E-state index contributed by atoms with van der Waals surface area (Å²) in [6.45, 7) is -1.00. The van der Waals surface area contributed by atoms with E-state index in [1.54, 1.807) is 0 Å². The number of oxime groups is 1. The Balaban J connectivity index is 1.71. The van der Waals surface area contributed by atoms with Crippen LogP contribution in [-0.4, -0.2) is 89.1 Å². The molecule has 13 nitrogen and oxygen atoms in total. The van der Waals surface area contributed by atoms with E-state index in [2.05, 4.69) is 24.7 Å². The molecule has 0 saturated carbocycles. The molecule has 1 aromatic rings. The highest BCUT2D eigenvalue weighted by atomic mass is 35.5. The van der Waals surface area contributed by atoms with E-state index in [1.807, 2.05) is 0 Å². The molecule has 3 atom stereocenters. The van der Waals surface area contributed by atoms with E-state index in [9.17, 15) is 24.3 Å². The SMILES string of the molecule is Nc1nc(C(=NOCC(=O)O)C(=O)NC2C(=O)N3CC(Cl)(C(=O)O)CS[C@H]23)ns1. The van der Waals surface area contributed by atoms with Crippen molar-refractivity contribution in [2.75, 3.05) is 24.6 Å². The van der Waals surface area contributed by atoms with Gasteiger partial charge in [-0.2, -0.15) is 9.36 Å². The van der Waals surface area contributed by atoms with E-state index in [4.69, 9.17) is 22.4 Å². The number of carbonyl (C=O) groups is 4. The summed E-state index contributed by atoms with van der Waals surface area (Å²) >= 11 is 7.93. The number of hydrogen-bond donors (Lipinski definition) is 4. The summed E-state index contributed by atoms with van der Waals surface area (Å²) in [6, 6.07) is -0.955. The number of halogens is 1. The van der Waals surface area contributed by atoms with Crippen molar-refractivity contribution in [1.82, 2.24) is 19.6 Å². The molecule has 2 amide bonds. The number of fused-ring (bicyclic) bond motifs is 1. The molecule has 0 radical (unpaired) electrons. The summed E-state index contributed by atoms with van der Waals surface area (Å²) in [7, 11) is 0. The lowest BCUT2D eigenvalue weighted by atomic mass is 10.0. The van der Waals surface area contributed by atoms with Crippen molar-refractivity contribution in [3.63, 3.8) is 0 Å². The first kappa shape index (κ1) is 21.1. The maximum atomic E-state index is 12.6. The fourth-order valence-electron chi connectivity index (χ4n) is 2.55. The molecule has 3 rings (SSSR count). The number of thioether (sulfide) groups is 1. The van der Waals surface area contributed by atoms with Crippen molar-refractivity contribution in [1.29, 1.82) is 0 Å². The molecule has 0 aliphatic carbocycles. The number of nitrogens with two attached hydrogens (primary N) is 1. The number of alkyl halides is 1. The maximum Gasteiger partial charge on any atom is 0.344 e. The molecule has 2 saturated heterocycles. The van der Waals surface area contributed by atoms with Crippen molar-refractivity contribution >= 4 is 69.5 Å². The third-order valence-corrected chi connectivity index (χ3v) is 6.57. The number of amides is 2. The molecule has 0 aromatic carbocycles. The average molecular weight is 465 g/mol. The molecule has 3 heterocycles. The van der Waals surface area contributed by atoms with Crippen LogP contribution in [0.5, 0.6) is 0 Å². The predicted octanol–water partition coefficient (Wildman–Crippen LogP) is -1.61. The van der Waals surface area contributed by atoms with Crippen LogP contribution in [0.15, 0.2) is 5.16 Å². The predicted molar refractivity (Wildman–Crippen MR) is 101 cm³/mol. The van der Waals surface area contributed by atoms with Crippen LogP contribution in [0.25, 0.3) is 0 Å². The third-order valence-electron chi connectivity index (χ3n) is 3.93. The second-order valence-corrected chi connectivity index (χ2v) is 8.56. The maximum absolute atomic E-state index is 12.6. The molecule has 2 aliphatic rings. The number of aromatic nitrogens is 2. The quantitative estimate of drug-likeness (QED) is 0.156. The van der Waals surface area contributed by atoms with Gasteiger partial charge in [0.2, 0.25) is 24.1 Å². The van der Waals surface area contributed by atoms with Gasteiger partial charge in [-0.15, -0.1) is 23.4 Å². The number of carbonyl (C=O) groups excluding carboxylic acids is 2. The highest BCUT2D eigenvalue weighted by molar-refractivity contribution is 8.00. The summed E-state index contributed by atoms with van der Waals surface area (Å²) < 4.78 is 3.83. The van der Waals surface area contributed by atoms with Gasteiger partial charge in [0.15, 0.2) is 10.0 Å². The van der Waals surface area contributed by atoms with E-state index in [0.29, 0.717) is 0 Å². The lowest BCUT2D eigenvalue weighted by molar-refractivity contribution is -0.151. The van der Waals surface area contributed by atoms with Crippen LogP contribution in [0.4, 0.5) is 5.13 Å². The normalized spacial score (nSPS) is 26.3. The smallest absolute Gasteiger partial charge is 0.344 e. The number of hydrogen-bond acceptors (Lipinski definition) is 11. The van der Waals surface area contributed by atoms with E-state index >= 15 is 0 Å². The van der Waals surface area contributed by atoms with Gasteiger partial charge in [0, 0.05) is 17.3 Å². The summed E-state index contributed by atoms with van der Waals surface area (Å²) in [4.78, 5) is 54.9. The van der Waals surface area contributed by atoms with Crippen LogP contribution < -0.4 is 11.1 Å². The summed E-state index contributed by atoms with van der Waals surface area (Å²) in [5, 5.41) is 23.3. The third kappa shape index (κ3) is 4.20. The lowest BCUT2D eigenvalue weighted by Gasteiger charge is -2.52. The van der Waals surface area contributed by atoms with Crippen LogP contribution >= 0.6 is 34.9 Å². The number of aliphatic carboxylic acids is 2. The number of nitrogen functional groups attached to an aromatic ring is 1. The lowest BCUT2D eigenvalue weighted by Crippen LogP contribution is -2.74. The number of carboxylic acids is 2. The fourth-order valence-corrected chi connectivity index (χ4v) is 4.69. The standard InChI is InChI=1S/C13H13ClN6O7S2/c14-13(11(25)26)2-20-9(24)6(10(20)28-3-13)16-8(23)5(18-27-1-4(21)22)7-17-12(15)29-19-7/h6,10H,1-3H2,(H,16,23)(H,21,22)(H,25,26)(H2,15,17,19)/t6?,10-,13?/m1/s1. The molecule has 16 heteroatoms. The Morgan fingerprint density at radius 3 is 2.76 bits per heavy atom. The molecule has 156 valence electrons. The minimum absolute atomic E-state index is 0.0392. The molecule has 2 unspecified atom stereocenters. The molecule has 2 fully saturated rings. The number of anilines is 1. The Kier molecular flexibility index (Phi) is 5.81. The van der Waals surface area contributed by atoms with Crippen molar-refractivity contribution in [3.8, 4) is 0 Å². The van der Waals surface area contributed by atoms with Gasteiger partial charge < -0.3 is 31.0 Å². The Labute approximate surface area is 175 Å². The first-order valence-corrected chi connectivity index (χ1v) is 9.99. The average Bonchev–Trinajstić information content (AvgIpc) is 3.08. The van der Waals surface area contributed by atoms with Crippen LogP contribution in [0.3, 0.4) is 0 Å². The topological polar surface area (TPSA) is 197 Å². The number of nitrogens with one attached hydrogen (secondary N) is 1. The van der Waals surface area contributed by atoms with E-state index < -0.39 is 52.4 Å². The van der Waals surface area contributed by atoms with Crippen LogP contribution in [-0.2, 0) is 24.0 Å². The Morgan fingerprint density at radius 1 is 1.45 bits per heavy atom. The molecule has 0 spiro atoms. The van der Waals surface area contributed by atoms with Crippen LogP contribution in [0, 0.1) is 0 Å². The van der Waals surface area contributed by atoms with Gasteiger partial charge in [-0.1, -0.05) is 5.16 Å². The zero-order valence-electron chi connectivity index (χ0n) is 14.3. The van der Waals surface area contributed by atoms with Crippen molar-refractivity contribution in [2.24, 2.45) is 5.16 Å². The van der Waals surface area contributed by atoms with Crippen molar-refractivity contribution < 1.29 is 34.2 Å². The number of β-lactam (4-membered cyclic amide) rings is 1. The van der Waals surface area contributed by atoms with Gasteiger partial charge in [0.1, 0.15) is 11.4 Å². The number of carboxylic acid groups (broad SMARTS) is 2. The van der Waals surface area contributed by atoms with E-state index in [-0.39, 0.29) is 23.3 Å². The Hall–Kier alpha value is -2.65. The van der Waals surface area contributed by atoms with Crippen molar-refractivity contribution in [3.05, 3.63) is 5.82 Å². The Bertz CT molecular complexity index is 910. The summed E-state index contributed by atoms with van der Waals surface area (Å²) in [5.41, 5.74) is 5.03. The fraction of sp³-hybridized carbons (Fsp3) is 0.462. The molecule has 1 aromatic heterocycles. The van der Waals surface area contributed by atoms with E-state index in [0.717, 1.165) is 23.3 Å². The molecular weight excluding hydrogens is 452 g/mol. The van der Waals surface area contributed by atoms with Crippen molar-refractivity contribution in [2.45, 2.75) is 16.3 Å². The number of rotatable bonds is 7. The molecule has 2 aliphatic heterocycles. The monoisotopic (exact) mass is 464 g/mol. The van der Waals surface area contributed by atoms with Gasteiger partial charge in [0.25, 0.3) is 5.91 Å². The van der Waals surface area contributed by atoms with Gasteiger partial charge in [-0.3, -0.25) is 14.4 Å². The first-order chi connectivity index (χ1) is 13.6. The van der Waals surface area contributed by atoms with Gasteiger partial charge in [0.05, 0.1) is 6.54 Å². The number of nitrogens with zero attached hydrogens (tertiary/aromatic N) is 4. The minimum atomic E-state index is -1.59. The second-order valence-electron chi connectivity index (χ2n) is 5.95. The largest absolute Gasteiger partial charge is 0.480 e. The molecule has 29 heavy (non-hydrogen) atoms. The second kappa shape index (κ2) is 8.00.